The highest BCUT2D eigenvalue weighted by Gasteiger charge is 2.28. The van der Waals surface area contributed by atoms with Crippen LogP contribution in [0.3, 0.4) is 0 Å². The number of rotatable bonds is 0. The number of sulfonamides is 1. The van der Waals surface area contributed by atoms with Crippen LogP contribution in [0.5, 0.6) is 0 Å². The molecule has 3 rings (SSSR count). The van der Waals surface area contributed by atoms with Gasteiger partial charge in [0.2, 0.25) is 10.0 Å². The van der Waals surface area contributed by atoms with Gasteiger partial charge >= 0.3 is 0 Å². The molecule has 0 saturated carbocycles. The molecule has 0 saturated heterocycles. The van der Waals surface area contributed by atoms with E-state index in [4.69, 9.17) is 0 Å². The van der Waals surface area contributed by atoms with Crippen molar-refractivity contribution in [3.05, 3.63) is 54.1 Å². The molecule has 0 aromatic heterocycles. The van der Waals surface area contributed by atoms with Crippen LogP contribution in [0, 0.1) is 0 Å². The van der Waals surface area contributed by atoms with Crippen LogP contribution in [0.25, 0.3) is 11.1 Å². The Hall–Kier alpha value is -1.65. The van der Waals surface area contributed by atoms with Crippen molar-refractivity contribution in [2.75, 3.05) is 7.05 Å². The van der Waals surface area contributed by atoms with Crippen molar-refractivity contribution in [2.24, 2.45) is 0 Å². The van der Waals surface area contributed by atoms with Crippen LogP contribution in [-0.4, -0.2) is 19.8 Å². The van der Waals surface area contributed by atoms with Crippen LogP contribution < -0.4 is 0 Å². The molecular weight excluding hydrogens is 246 g/mol. The molecule has 1 aliphatic rings. The largest absolute Gasteiger partial charge is 0.243 e. The molecule has 3 nitrogen and oxygen atoms in total. The Morgan fingerprint density at radius 2 is 1.56 bits per heavy atom. The molecule has 1 heterocycles. The second-order valence-corrected chi connectivity index (χ2v) is 6.43. The van der Waals surface area contributed by atoms with Gasteiger partial charge in [0.25, 0.3) is 0 Å². The highest BCUT2D eigenvalue weighted by molar-refractivity contribution is 7.89. The highest BCUT2D eigenvalue weighted by atomic mass is 32.2. The van der Waals surface area contributed by atoms with Crippen LogP contribution in [0.15, 0.2) is 53.4 Å². The topological polar surface area (TPSA) is 37.4 Å². The molecule has 4 heteroatoms. The molecule has 2 aromatic rings. The zero-order valence-corrected chi connectivity index (χ0v) is 10.8. The Morgan fingerprint density at radius 1 is 0.944 bits per heavy atom. The maximum absolute atomic E-state index is 12.4. The molecule has 0 spiro atoms. The summed E-state index contributed by atoms with van der Waals surface area (Å²) >= 11 is 0. The standard InChI is InChI=1S/C14H13NO2S/c1-15-10-11-6-2-3-7-12(11)13-8-4-5-9-14(13)18(15,16)17/h2-9H,10H2,1H3. The molecule has 0 bridgehead atoms. The number of hydrogen-bond donors (Lipinski definition) is 0. The minimum Gasteiger partial charge on any atom is -0.207 e. The van der Waals surface area contributed by atoms with Crippen molar-refractivity contribution in [1.29, 1.82) is 0 Å². The van der Waals surface area contributed by atoms with E-state index in [0.717, 1.165) is 16.7 Å². The second-order valence-electron chi connectivity index (χ2n) is 4.41. The summed E-state index contributed by atoms with van der Waals surface area (Å²) in [5.74, 6) is 0. The minimum atomic E-state index is -3.39. The summed E-state index contributed by atoms with van der Waals surface area (Å²) in [6.07, 6.45) is 0. The van der Waals surface area contributed by atoms with E-state index in [-0.39, 0.29) is 0 Å². The average Bonchev–Trinajstić information content (AvgIpc) is 2.46. The quantitative estimate of drug-likeness (QED) is 0.729. The summed E-state index contributed by atoms with van der Waals surface area (Å²) < 4.78 is 26.2. The zero-order valence-electron chi connectivity index (χ0n) is 10.00. The van der Waals surface area contributed by atoms with Gasteiger partial charge in [0.1, 0.15) is 0 Å². The Bertz CT molecular complexity index is 707. The first-order valence-electron chi connectivity index (χ1n) is 5.74. The lowest BCUT2D eigenvalue weighted by atomic mass is 10.00. The predicted octanol–water partition coefficient (Wildman–Crippen LogP) is 2.49. The average molecular weight is 259 g/mol. The highest BCUT2D eigenvalue weighted by Crippen LogP contribution is 2.35. The van der Waals surface area contributed by atoms with Crippen molar-refractivity contribution < 1.29 is 8.42 Å². The lowest BCUT2D eigenvalue weighted by Gasteiger charge is -2.14. The first-order valence-corrected chi connectivity index (χ1v) is 7.18. The van der Waals surface area contributed by atoms with Gasteiger partial charge in [0.15, 0.2) is 0 Å². The SMILES string of the molecule is CN1Cc2ccccc2-c2ccccc2S1(=O)=O. The molecular formula is C14H13NO2S. The van der Waals surface area contributed by atoms with E-state index < -0.39 is 10.0 Å². The lowest BCUT2D eigenvalue weighted by Crippen LogP contribution is -2.25. The summed E-state index contributed by atoms with van der Waals surface area (Å²) in [5.41, 5.74) is 2.83. The summed E-state index contributed by atoms with van der Waals surface area (Å²) in [7, 11) is -1.77. The number of hydrogen-bond acceptors (Lipinski definition) is 2. The van der Waals surface area contributed by atoms with E-state index in [1.165, 1.54) is 4.31 Å². The van der Waals surface area contributed by atoms with Crippen molar-refractivity contribution >= 4 is 10.0 Å². The monoisotopic (exact) mass is 259 g/mol. The molecule has 0 amide bonds. The molecule has 2 aromatic carbocycles. The minimum absolute atomic E-state index is 0.387. The smallest absolute Gasteiger partial charge is 0.207 e. The van der Waals surface area contributed by atoms with Crippen LogP contribution in [-0.2, 0) is 16.6 Å². The number of nitrogens with zero attached hydrogens (tertiary/aromatic N) is 1. The van der Waals surface area contributed by atoms with E-state index in [1.807, 2.05) is 36.4 Å². The lowest BCUT2D eigenvalue weighted by molar-refractivity contribution is 0.469. The Kier molecular flexibility index (Phi) is 2.50. The number of fused-ring (bicyclic) bond motifs is 3. The van der Waals surface area contributed by atoms with E-state index in [2.05, 4.69) is 0 Å². The van der Waals surface area contributed by atoms with Gasteiger partial charge in [-0.05, 0) is 17.2 Å². The third-order valence-corrected chi connectivity index (χ3v) is 5.14. The van der Waals surface area contributed by atoms with Crippen molar-refractivity contribution in [3.8, 4) is 11.1 Å². The fourth-order valence-electron chi connectivity index (χ4n) is 2.33. The molecule has 0 unspecified atom stereocenters. The van der Waals surface area contributed by atoms with Crippen LogP contribution >= 0.6 is 0 Å². The predicted molar refractivity (Wildman–Crippen MR) is 70.5 cm³/mol. The van der Waals surface area contributed by atoms with Gasteiger partial charge in [-0.15, -0.1) is 0 Å². The Labute approximate surface area is 107 Å². The van der Waals surface area contributed by atoms with Gasteiger partial charge < -0.3 is 0 Å². The summed E-state index contributed by atoms with van der Waals surface area (Å²) in [5, 5.41) is 0. The van der Waals surface area contributed by atoms with Gasteiger partial charge in [0.05, 0.1) is 4.90 Å². The maximum Gasteiger partial charge on any atom is 0.243 e. The van der Waals surface area contributed by atoms with Gasteiger partial charge in [-0.2, -0.15) is 4.31 Å². The van der Waals surface area contributed by atoms with Gasteiger partial charge in [-0.1, -0.05) is 42.5 Å². The zero-order chi connectivity index (χ0) is 12.8. The summed E-state index contributed by atoms with van der Waals surface area (Å²) in [6, 6.07) is 15.0. The normalized spacial score (nSPS) is 17.6. The Morgan fingerprint density at radius 3 is 2.33 bits per heavy atom. The molecule has 0 fully saturated rings. The number of benzene rings is 2. The maximum atomic E-state index is 12.4. The molecule has 18 heavy (non-hydrogen) atoms. The Balaban J connectivity index is 2.41. The summed E-state index contributed by atoms with van der Waals surface area (Å²) in [6.45, 7) is 0.410. The van der Waals surface area contributed by atoms with E-state index >= 15 is 0 Å². The third-order valence-electron chi connectivity index (χ3n) is 3.28. The first kappa shape index (κ1) is 11.4. The van der Waals surface area contributed by atoms with E-state index in [0.29, 0.717) is 11.4 Å². The van der Waals surface area contributed by atoms with Gasteiger partial charge in [-0.3, -0.25) is 0 Å². The van der Waals surface area contributed by atoms with E-state index in [1.54, 1.807) is 19.2 Å². The van der Waals surface area contributed by atoms with Crippen molar-refractivity contribution in [2.45, 2.75) is 11.4 Å². The van der Waals surface area contributed by atoms with Crippen LogP contribution in [0.2, 0.25) is 0 Å². The van der Waals surface area contributed by atoms with Gasteiger partial charge in [0, 0.05) is 19.2 Å². The molecule has 0 atom stereocenters. The molecule has 0 aliphatic carbocycles. The van der Waals surface area contributed by atoms with Gasteiger partial charge in [-0.25, -0.2) is 8.42 Å². The van der Waals surface area contributed by atoms with Crippen molar-refractivity contribution in [3.63, 3.8) is 0 Å². The molecule has 0 radical (unpaired) electrons. The molecule has 0 N–H and O–H groups in total. The molecule has 92 valence electrons. The fraction of sp³-hybridized carbons (Fsp3) is 0.143. The van der Waals surface area contributed by atoms with E-state index in [9.17, 15) is 8.42 Å². The van der Waals surface area contributed by atoms with Crippen LogP contribution in [0.4, 0.5) is 0 Å². The van der Waals surface area contributed by atoms with Crippen molar-refractivity contribution in [1.82, 2.24) is 4.31 Å². The van der Waals surface area contributed by atoms with Crippen LogP contribution in [0.1, 0.15) is 5.56 Å². The fourth-order valence-corrected chi connectivity index (χ4v) is 3.68. The second kappa shape index (κ2) is 3.93. The summed E-state index contributed by atoms with van der Waals surface area (Å²) in [4.78, 5) is 0.387. The first-order chi connectivity index (χ1) is 8.60. The molecule has 1 aliphatic heterocycles. The third kappa shape index (κ3) is 1.57.